The molecule has 0 atom stereocenters. The predicted octanol–water partition coefficient (Wildman–Crippen LogP) is 8.45. The fourth-order valence-electron chi connectivity index (χ4n) is 3.85. The van der Waals surface area contributed by atoms with Gasteiger partial charge in [0.2, 0.25) is 0 Å². The van der Waals surface area contributed by atoms with Crippen LogP contribution < -0.4 is 9.47 Å². The van der Waals surface area contributed by atoms with Crippen molar-refractivity contribution in [2.24, 2.45) is 0 Å². The summed E-state index contributed by atoms with van der Waals surface area (Å²) in [5.41, 5.74) is 5.13. The first kappa shape index (κ1) is 21.5. The summed E-state index contributed by atoms with van der Waals surface area (Å²) < 4.78 is 11.8. The molecular weight excluding hydrogens is 416 g/mol. The van der Waals surface area contributed by atoms with Gasteiger partial charge in [-0.1, -0.05) is 84.9 Å². The molecule has 166 valence electrons. The zero-order valence-corrected chi connectivity index (χ0v) is 18.9. The smallest absolute Gasteiger partial charge is 0.127 e. The van der Waals surface area contributed by atoms with Gasteiger partial charge >= 0.3 is 0 Å². The Morgan fingerprint density at radius 1 is 0.294 bits per heavy atom. The Kier molecular flexibility index (Phi) is 6.68. The van der Waals surface area contributed by atoms with Crippen LogP contribution >= 0.6 is 0 Å². The van der Waals surface area contributed by atoms with E-state index in [4.69, 9.17) is 9.47 Å². The van der Waals surface area contributed by atoms with Crippen LogP contribution in [0.2, 0.25) is 0 Å². The summed E-state index contributed by atoms with van der Waals surface area (Å²) in [6, 6.07) is 45.2. The maximum Gasteiger partial charge on any atom is 0.127 e. The summed E-state index contributed by atoms with van der Waals surface area (Å²) in [4.78, 5) is 0. The first-order valence-electron chi connectivity index (χ1n) is 11.5. The van der Waals surface area contributed by atoms with Crippen molar-refractivity contribution in [3.05, 3.63) is 156 Å². The third-order valence-electron chi connectivity index (χ3n) is 5.64. The molecule has 2 heteroatoms. The van der Waals surface area contributed by atoms with Crippen LogP contribution in [-0.4, -0.2) is 0 Å². The molecule has 0 aliphatic carbocycles. The van der Waals surface area contributed by atoms with Crippen molar-refractivity contribution in [1.29, 1.82) is 0 Å². The second-order valence-electron chi connectivity index (χ2n) is 8.29. The highest BCUT2D eigenvalue weighted by atomic mass is 16.5. The van der Waals surface area contributed by atoms with E-state index in [0.29, 0.717) is 0 Å². The van der Waals surface area contributed by atoms with E-state index < -0.39 is 0 Å². The number of rotatable bonds is 8. The van der Waals surface area contributed by atoms with Gasteiger partial charge in [-0.05, 0) is 83.6 Å². The lowest BCUT2D eigenvalue weighted by Crippen LogP contribution is -1.92. The van der Waals surface area contributed by atoms with Crippen LogP contribution in [0.3, 0.4) is 0 Å². The van der Waals surface area contributed by atoms with Crippen LogP contribution in [0.1, 0.15) is 22.3 Å². The number of hydrogen-bond acceptors (Lipinski definition) is 2. The molecule has 5 rings (SSSR count). The second-order valence-corrected chi connectivity index (χ2v) is 8.29. The molecule has 5 aromatic rings. The van der Waals surface area contributed by atoms with Gasteiger partial charge in [-0.3, -0.25) is 0 Å². The van der Waals surface area contributed by atoms with Crippen LogP contribution in [0.25, 0.3) is 0 Å². The van der Waals surface area contributed by atoms with Crippen molar-refractivity contribution >= 4 is 0 Å². The van der Waals surface area contributed by atoms with Gasteiger partial charge < -0.3 is 9.47 Å². The molecule has 0 heterocycles. The highest BCUT2D eigenvalue weighted by Gasteiger charge is 2.02. The van der Waals surface area contributed by atoms with Crippen molar-refractivity contribution in [3.8, 4) is 23.0 Å². The number of ether oxygens (including phenoxy) is 2. The quantitative estimate of drug-likeness (QED) is 0.240. The average molecular weight is 443 g/mol. The summed E-state index contributed by atoms with van der Waals surface area (Å²) in [5.74, 6) is 3.41. The molecule has 0 N–H and O–H groups in total. The molecule has 0 saturated heterocycles. The Balaban J connectivity index is 1.15. The highest BCUT2D eigenvalue weighted by Crippen LogP contribution is 2.24. The minimum Gasteiger partial charge on any atom is -0.457 e. The summed E-state index contributed by atoms with van der Waals surface area (Å²) >= 11 is 0. The minimum atomic E-state index is 0.851. The van der Waals surface area contributed by atoms with Gasteiger partial charge in [0.25, 0.3) is 0 Å². The predicted molar refractivity (Wildman–Crippen MR) is 138 cm³/mol. The van der Waals surface area contributed by atoms with Crippen molar-refractivity contribution in [2.45, 2.75) is 12.8 Å². The fourth-order valence-corrected chi connectivity index (χ4v) is 3.85. The Bertz CT molecular complexity index is 1190. The average Bonchev–Trinajstić information content (AvgIpc) is 2.89. The molecule has 0 spiro atoms. The topological polar surface area (TPSA) is 18.5 Å². The van der Waals surface area contributed by atoms with E-state index in [1.807, 2.05) is 84.9 Å². The van der Waals surface area contributed by atoms with E-state index >= 15 is 0 Å². The zero-order valence-electron chi connectivity index (χ0n) is 18.9. The summed E-state index contributed by atoms with van der Waals surface area (Å²) in [6.07, 6.45) is 1.80. The largest absolute Gasteiger partial charge is 0.457 e. The molecule has 0 unspecified atom stereocenters. The van der Waals surface area contributed by atoms with E-state index in [1.165, 1.54) is 22.3 Å². The van der Waals surface area contributed by atoms with Gasteiger partial charge in [-0.15, -0.1) is 0 Å². The molecular formula is C32H26O2. The van der Waals surface area contributed by atoms with E-state index in [1.54, 1.807) is 0 Å². The Labute approximate surface area is 201 Å². The maximum absolute atomic E-state index is 5.89. The third kappa shape index (κ3) is 5.93. The highest BCUT2D eigenvalue weighted by molar-refractivity contribution is 5.38. The molecule has 5 aromatic carbocycles. The molecule has 0 saturated carbocycles. The monoisotopic (exact) mass is 442 g/mol. The van der Waals surface area contributed by atoms with Gasteiger partial charge in [0.1, 0.15) is 23.0 Å². The van der Waals surface area contributed by atoms with Gasteiger partial charge in [-0.25, -0.2) is 0 Å². The third-order valence-corrected chi connectivity index (χ3v) is 5.64. The molecule has 0 aliphatic heterocycles. The molecule has 0 fully saturated rings. The van der Waals surface area contributed by atoms with E-state index in [2.05, 4.69) is 48.5 Å². The molecule has 0 bridgehead atoms. The molecule has 0 amide bonds. The first-order chi connectivity index (χ1) is 16.8. The Morgan fingerprint density at radius 2 is 0.559 bits per heavy atom. The van der Waals surface area contributed by atoms with Crippen LogP contribution in [-0.2, 0) is 12.8 Å². The lowest BCUT2D eigenvalue weighted by Gasteiger charge is -2.09. The molecule has 0 radical (unpaired) electrons. The van der Waals surface area contributed by atoms with Gasteiger partial charge in [0.15, 0.2) is 0 Å². The lowest BCUT2D eigenvalue weighted by atomic mass is 10.0. The standard InChI is InChI=1S/C32H26O2/c1-3-7-29(8-4-1)33-31-19-15-27(16-20-31)23-25-11-13-26(14-12-25)24-28-17-21-32(22-18-28)34-30-9-5-2-6-10-30/h1-22H,23-24H2. The van der Waals surface area contributed by atoms with E-state index in [-0.39, 0.29) is 0 Å². The lowest BCUT2D eigenvalue weighted by molar-refractivity contribution is 0.482. The maximum atomic E-state index is 5.89. The van der Waals surface area contributed by atoms with Crippen LogP contribution in [0.15, 0.2) is 133 Å². The first-order valence-corrected chi connectivity index (χ1v) is 11.5. The minimum absolute atomic E-state index is 0.851. The van der Waals surface area contributed by atoms with E-state index in [9.17, 15) is 0 Å². The van der Waals surface area contributed by atoms with Gasteiger partial charge in [-0.2, -0.15) is 0 Å². The summed E-state index contributed by atoms with van der Waals surface area (Å²) in [6.45, 7) is 0. The fraction of sp³-hybridized carbons (Fsp3) is 0.0625. The van der Waals surface area contributed by atoms with Crippen molar-refractivity contribution in [2.75, 3.05) is 0 Å². The van der Waals surface area contributed by atoms with E-state index in [0.717, 1.165) is 35.8 Å². The van der Waals surface area contributed by atoms with Crippen LogP contribution in [0.5, 0.6) is 23.0 Å². The molecule has 0 aromatic heterocycles. The van der Waals surface area contributed by atoms with Crippen molar-refractivity contribution < 1.29 is 9.47 Å². The van der Waals surface area contributed by atoms with Gasteiger partial charge in [0.05, 0.1) is 0 Å². The van der Waals surface area contributed by atoms with Crippen LogP contribution in [0, 0.1) is 0 Å². The zero-order chi connectivity index (χ0) is 23.0. The molecule has 0 aliphatic rings. The number of benzene rings is 5. The number of hydrogen-bond donors (Lipinski definition) is 0. The number of para-hydroxylation sites is 2. The molecule has 2 nitrogen and oxygen atoms in total. The Morgan fingerprint density at radius 3 is 0.882 bits per heavy atom. The SMILES string of the molecule is c1ccc(Oc2ccc(Cc3ccc(Cc4ccc(Oc5ccccc5)cc4)cc3)cc2)cc1. The summed E-state index contributed by atoms with van der Waals surface area (Å²) in [7, 11) is 0. The van der Waals surface area contributed by atoms with Crippen molar-refractivity contribution in [3.63, 3.8) is 0 Å². The Hall–Kier alpha value is -4.30. The molecule has 34 heavy (non-hydrogen) atoms. The second kappa shape index (κ2) is 10.5. The van der Waals surface area contributed by atoms with Crippen molar-refractivity contribution in [1.82, 2.24) is 0 Å². The normalized spacial score (nSPS) is 10.6. The van der Waals surface area contributed by atoms with Crippen LogP contribution in [0.4, 0.5) is 0 Å². The summed E-state index contributed by atoms with van der Waals surface area (Å²) in [5, 5.41) is 0. The van der Waals surface area contributed by atoms with Gasteiger partial charge in [0, 0.05) is 0 Å².